The molecular weight excluding hydrogens is 219 g/mol. The number of aromatic nitrogens is 1. The number of hydrogen-bond acceptors (Lipinski definition) is 4. The van der Waals surface area contributed by atoms with Gasteiger partial charge in [-0.1, -0.05) is 11.3 Å². The van der Waals surface area contributed by atoms with Crippen LogP contribution in [0.4, 0.5) is 13.2 Å². The molecule has 3 nitrogen and oxygen atoms in total. The molecule has 0 spiro atoms. The predicted molar refractivity (Wildman–Crippen MR) is 44.4 cm³/mol. The standard InChI is InChI=1S/C7H8F3NO2S/c1-13-6-11-3-4(14-6)2-5(12)7(8,9)10/h3,5,12H,2H2,1H3. The molecule has 1 rings (SSSR count). The number of thiazole rings is 1. The Morgan fingerprint density at radius 1 is 1.64 bits per heavy atom. The van der Waals surface area contributed by atoms with Crippen molar-refractivity contribution in [2.24, 2.45) is 0 Å². The van der Waals surface area contributed by atoms with Crippen LogP contribution in [0.15, 0.2) is 6.20 Å². The molecule has 0 fully saturated rings. The predicted octanol–water partition coefficient (Wildman–Crippen LogP) is 1.62. The molecule has 1 unspecified atom stereocenters. The molecule has 0 saturated heterocycles. The first-order chi connectivity index (χ1) is 6.43. The summed E-state index contributed by atoms with van der Waals surface area (Å²) >= 11 is 0.984. The van der Waals surface area contributed by atoms with Gasteiger partial charge in [0.1, 0.15) is 0 Å². The highest BCUT2D eigenvalue weighted by Gasteiger charge is 2.38. The lowest BCUT2D eigenvalue weighted by molar-refractivity contribution is -0.202. The van der Waals surface area contributed by atoms with Gasteiger partial charge in [-0.25, -0.2) is 4.98 Å². The van der Waals surface area contributed by atoms with Gasteiger partial charge in [0, 0.05) is 17.5 Å². The average Bonchev–Trinajstić information content (AvgIpc) is 2.50. The van der Waals surface area contributed by atoms with Crippen LogP contribution < -0.4 is 4.74 Å². The Kier molecular flexibility index (Phi) is 3.33. The second-order valence-electron chi connectivity index (χ2n) is 2.56. The molecule has 0 saturated carbocycles. The van der Waals surface area contributed by atoms with Gasteiger partial charge in [0.25, 0.3) is 5.19 Å². The first-order valence-corrected chi connectivity index (χ1v) is 4.48. The molecule has 7 heteroatoms. The van der Waals surface area contributed by atoms with E-state index in [1.54, 1.807) is 0 Å². The normalized spacial score (nSPS) is 14.1. The number of alkyl halides is 3. The Morgan fingerprint density at radius 2 is 2.29 bits per heavy atom. The van der Waals surface area contributed by atoms with Crippen molar-refractivity contribution in [1.82, 2.24) is 4.98 Å². The summed E-state index contributed by atoms with van der Waals surface area (Å²) in [7, 11) is 1.38. The second-order valence-corrected chi connectivity index (χ2v) is 3.64. The van der Waals surface area contributed by atoms with Gasteiger partial charge in [-0.2, -0.15) is 13.2 Å². The van der Waals surface area contributed by atoms with Crippen molar-refractivity contribution in [2.75, 3.05) is 7.11 Å². The summed E-state index contributed by atoms with van der Waals surface area (Å²) in [5.74, 6) is 0. The summed E-state index contributed by atoms with van der Waals surface area (Å²) < 4.78 is 40.5. The number of nitrogens with zero attached hydrogens (tertiary/aromatic N) is 1. The smallest absolute Gasteiger partial charge is 0.414 e. The van der Waals surface area contributed by atoms with Gasteiger partial charge in [0.05, 0.1) is 7.11 Å². The molecule has 1 aromatic rings. The lowest BCUT2D eigenvalue weighted by atomic mass is 10.2. The molecule has 1 atom stereocenters. The van der Waals surface area contributed by atoms with Crippen LogP contribution >= 0.6 is 11.3 Å². The zero-order valence-corrected chi connectivity index (χ0v) is 8.02. The van der Waals surface area contributed by atoms with Crippen LogP contribution in [0.5, 0.6) is 5.19 Å². The quantitative estimate of drug-likeness (QED) is 0.853. The second kappa shape index (κ2) is 4.14. The van der Waals surface area contributed by atoms with Gasteiger partial charge >= 0.3 is 6.18 Å². The fraction of sp³-hybridized carbons (Fsp3) is 0.571. The first kappa shape index (κ1) is 11.3. The maximum absolute atomic E-state index is 11.9. The van der Waals surface area contributed by atoms with Gasteiger partial charge in [0.15, 0.2) is 6.10 Å². The largest absolute Gasteiger partial charge is 0.473 e. The number of rotatable bonds is 3. The highest BCUT2D eigenvalue weighted by molar-refractivity contribution is 7.13. The van der Waals surface area contributed by atoms with Crippen molar-refractivity contribution in [3.8, 4) is 5.19 Å². The summed E-state index contributed by atoms with van der Waals surface area (Å²) in [6, 6.07) is 0. The Hall–Kier alpha value is -0.820. The molecule has 0 aliphatic heterocycles. The highest BCUT2D eigenvalue weighted by atomic mass is 32.1. The minimum Gasteiger partial charge on any atom is -0.473 e. The van der Waals surface area contributed by atoms with E-state index in [1.807, 2.05) is 0 Å². The molecule has 1 aromatic heterocycles. The van der Waals surface area contributed by atoms with E-state index in [9.17, 15) is 13.2 Å². The van der Waals surface area contributed by atoms with Gasteiger partial charge in [-0.15, -0.1) is 0 Å². The third kappa shape index (κ3) is 2.85. The van der Waals surface area contributed by atoms with E-state index in [4.69, 9.17) is 9.84 Å². The maximum atomic E-state index is 11.9. The third-order valence-corrected chi connectivity index (χ3v) is 2.46. The highest BCUT2D eigenvalue weighted by Crippen LogP contribution is 2.27. The Morgan fingerprint density at radius 3 is 2.71 bits per heavy atom. The average molecular weight is 227 g/mol. The molecular formula is C7H8F3NO2S. The van der Waals surface area contributed by atoms with E-state index < -0.39 is 18.7 Å². The summed E-state index contributed by atoms with van der Waals surface area (Å²) in [5.41, 5.74) is 0. The van der Waals surface area contributed by atoms with Crippen LogP contribution in [0.25, 0.3) is 0 Å². The first-order valence-electron chi connectivity index (χ1n) is 3.67. The molecule has 0 radical (unpaired) electrons. The SMILES string of the molecule is COc1ncc(CC(O)C(F)(F)F)s1. The van der Waals surface area contributed by atoms with Gasteiger partial charge in [-0.05, 0) is 0 Å². The fourth-order valence-corrected chi connectivity index (χ4v) is 1.54. The number of hydrogen-bond donors (Lipinski definition) is 1. The topological polar surface area (TPSA) is 42.4 Å². The molecule has 0 aliphatic carbocycles. The van der Waals surface area contributed by atoms with Gasteiger partial charge < -0.3 is 9.84 Å². The van der Waals surface area contributed by atoms with Crippen LogP contribution in [0.1, 0.15) is 4.88 Å². The summed E-state index contributed by atoms with van der Waals surface area (Å²) in [4.78, 5) is 4.03. The molecule has 0 aliphatic rings. The van der Waals surface area contributed by atoms with Crippen LogP contribution in [0.3, 0.4) is 0 Å². The zero-order chi connectivity index (χ0) is 10.8. The van der Waals surface area contributed by atoms with E-state index in [-0.39, 0.29) is 5.19 Å². The zero-order valence-electron chi connectivity index (χ0n) is 7.21. The lowest BCUT2D eigenvalue weighted by Crippen LogP contribution is -2.30. The van der Waals surface area contributed by atoms with Crippen LogP contribution in [0, 0.1) is 0 Å². The van der Waals surface area contributed by atoms with Crippen molar-refractivity contribution in [3.63, 3.8) is 0 Å². The fourth-order valence-electron chi connectivity index (χ4n) is 0.785. The van der Waals surface area contributed by atoms with Crippen LogP contribution in [-0.4, -0.2) is 29.5 Å². The maximum Gasteiger partial charge on any atom is 0.414 e. The van der Waals surface area contributed by atoms with Crippen molar-refractivity contribution in [3.05, 3.63) is 11.1 Å². The summed E-state index contributed by atoms with van der Waals surface area (Å²) in [5, 5.41) is 9.02. The van der Waals surface area contributed by atoms with E-state index in [2.05, 4.69) is 4.98 Å². The minimum absolute atomic E-state index is 0.286. The van der Waals surface area contributed by atoms with Crippen molar-refractivity contribution in [1.29, 1.82) is 0 Å². The number of ether oxygens (including phenoxy) is 1. The van der Waals surface area contributed by atoms with Crippen molar-refractivity contribution in [2.45, 2.75) is 18.7 Å². The molecule has 14 heavy (non-hydrogen) atoms. The van der Waals surface area contributed by atoms with E-state index in [1.165, 1.54) is 13.3 Å². The van der Waals surface area contributed by atoms with Crippen molar-refractivity contribution < 1.29 is 23.0 Å². The van der Waals surface area contributed by atoms with E-state index in [0.29, 0.717) is 4.88 Å². The Bertz CT molecular complexity index is 299. The minimum atomic E-state index is -4.59. The number of aliphatic hydroxyl groups is 1. The molecule has 0 amide bonds. The molecule has 0 bridgehead atoms. The van der Waals surface area contributed by atoms with Gasteiger partial charge in [-0.3, -0.25) is 0 Å². The monoisotopic (exact) mass is 227 g/mol. The Labute approximate surface area is 82.2 Å². The van der Waals surface area contributed by atoms with Crippen molar-refractivity contribution >= 4 is 11.3 Å². The number of aliphatic hydroxyl groups excluding tert-OH is 1. The molecule has 1 N–H and O–H groups in total. The molecule has 1 heterocycles. The molecule has 80 valence electrons. The molecule has 0 aromatic carbocycles. The van der Waals surface area contributed by atoms with Crippen LogP contribution in [0.2, 0.25) is 0 Å². The summed E-state index contributed by atoms with van der Waals surface area (Å²) in [6.07, 6.45) is -6.15. The van der Waals surface area contributed by atoms with E-state index in [0.717, 1.165) is 11.3 Å². The lowest BCUT2D eigenvalue weighted by Gasteiger charge is -2.12. The third-order valence-electron chi connectivity index (χ3n) is 1.48. The van der Waals surface area contributed by atoms with Crippen LogP contribution in [-0.2, 0) is 6.42 Å². The summed E-state index contributed by atoms with van der Waals surface area (Å²) in [6.45, 7) is 0. The number of halogens is 3. The van der Waals surface area contributed by atoms with Gasteiger partial charge in [0.2, 0.25) is 0 Å². The van der Waals surface area contributed by atoms with E-state index >= 15 is 0 Å². The number of methoxy groups -OCH3 is 1. The Balaban J connectivity index is 2.60.